The van der Waals surface area contributed by atoms with Crippen molar-refractivity contribution in [2.75, 3.05) is 17.0 Å². The number of nitrogens with one attached hydrogen (secondary N) is 2. The lowest BCUT2D eigenvalue weighted by Crippen LogP contribution is -2.40. The monoisotopic (exact) mass is 245 g/mol. The van der Waals surface area contributed by atoms with Crippen molar-refractivity contribution in [3.63, 3.8) is 0 Å². The van der Waals surface area contributed by atoms with Crippen molar-refractivity contribution in [2.45, 2.75) is 25.3 Å². The molecule has 90 valence electrons. The number of hydrogen-bond donors (Lipinski definition) is 2. The van der Waals surface area contributed by atoms with E-state index in [1.54, 1.807) is 0 Å². The van der Waals surface area contributed by atoms with Crippen molar-refractivity contribution >= 4 is 15.8 Å². The number of anilines is 1. The largest absolute Gasteiger partial charge is 0.363 e. The summed E-state index contributed by atoms with van der Waals surface area (Å²) in [5.41, 5.74) is 0. The third kappa shape index (κ3) is 3.21. The van der Waals surface area contributed by atoms with Crippen LogP contribution in [0.4, 0.5) is 5.82 Å². The average Bonchev–Trinajstić information content (AvgIpc) is 2.70. The van der Waals surface area contributed by atoms with E-state index >= 15 is 0 Å². The highest BCUT2D eigenvalue weighted by Crippen LogP contribution is 2.11. The van der Waals surface area contributed by atoms with E-state index in [0.29, 0.717) is 0 Å². The summed E-state index contributed by atoms with van der Waals surface area (Å²) in [6.45, 7) is 0.893. The van der Waals surface area contributed by atoms with Gasteiger partial charge in [0.1, 0.15) is 6.26 Å². The van der Waals surface area contributed by atoms with Gasteiger partial charge in [-0.3, -0.25) is 4.72 Å². The Morgan fingerprint density at radius 3 is 3.06 bits per heavy atom. The van der Waals surface area contributed by atoms with Gasteiger partial charge in [0.05, 0.1) is 5.75 Å². The van der Waals surface area contributed by atoms with Gasteiger partial charge >= 0.3 is 0 Å². The molecule has 1 aliphatic heterocycles. The Bertz CT molecular complexity index is 409. The molecule has 2 rings (SSSR count). The van der Waals surface area contributed by atoms with Crippen molar-refractivity contribution in [3.05, 3.63) is 12.3 Å². The van der Waals surface area contributed by atoms with E-state index in [1.165, 1.54) is 12.3 Å². The van der Waals surface area contributed by atoms with Crippen molar-refractivity contribution in [3.8, 4) is 0 Å². The average molecular weight is 245 g/mol. The van der Waals surface area contributed by atoms with Gasteiger partial charge < -0.3 is 9.84 Å². The van der Waals surface area contributed by atoms with Gasteiger partial charge in [0.2, 0.25) is 10.0 Å². The molecule has 0 spiro atoms. The molecule has 0 amide bonds. The molecule has 0 aliphatic carbocycles. The molecule has 1 unspecified atom stereocenters. The van der Waals surface area contributed by atoms with Crippen molar-refractivity contribution in [2.24, 2.45) is 0 Å². The molecule has 1 saturated heterocycles. The summed E-state index contributed by atoms with van der Waals surface area (Å²) in [6.07, 6.45) is 4.43. The summed E-state index contributed by atoms with van der Waals surface area (Å²) in [7, 11) is -3.34. The Morgan fingerprint density at radius 1 is 1.56 bits per heavy atom. The topological polar surface area (TPSA) is 84.2 Å². The van der Waals surface area contributed by atoms with E-state index in [9.17, 15) is 8.42 Å². The molecule has 7 heteroatoms. The first-order valence-electron chi connectivity index (χ1n) is 5.30. The maximum absolute atomic E-state index is 11.7. The van der Waals surface area contributed by atoms with Crippen LogP contribution in [0.1, 0.15) is 19.3 Å². The molecule has 0 radical (unpaired) electrons. The van der Waals surface area contributed by atoms with Crippen molar-refractivity contribution in [1.82, 2.24) is 10.5 Å². The summed E-state index contributed by atoms with van der Waals surface area (Å²) in [5.74, 6) is 0.315. The molecule has 1 fully saturated rings. The molecular weight excluding hydrogens is 230 g/mol. The van der Waals surface area contributed by atoms with E-state index in [1.807, 2.05) is 0 Å². The predicted octanol–water partition coefficient (Wildman–Crippen LogP) is 0.558. The molecule has 0 saturated carbocycles. The lowest BCUT2D eigenvalue weighted by molar-refractivity contribution is 0.421. The highest BCUT2D eigenvalue weighted by atomic mass is 32.2. The van der Waals surface area contributed by atoms with Gasteiger partial charge in [-0.15, -0.1) is 0 Å². The Labute approximate surface area is 94.4 Å². The van der Waals surface area contributed by atoms with Crippen molar-refractivity contribution in [1.29, 1.82) is 0 Å². The molecular formula is C9H15N3O3S. The van der Waals surface area contributed by atoms with Crippen LogP contribution < -0.4 is 10.0 Å². The van der Waals surface area contributed by atoms with Crippen LogP contribution in [0.3, 0.4) is 0 Å². The third-order valence-corrected chi connectivity index (χ3v) is 3.89. The van der Waals surface area contributed by atoms with Crippen LogP contribution in [-0.4, -0.2) is 31.9 Å². The number of rotatable bonds is 4. The number of sulfonamides is 1. The Morgan fingerprint density at radius 2 is 2.44 bits per heavy atom. The first-order chi connectivity index (χ1) is 7.66. The second kappa shape index (κ2) is 4.84. The fraction of sp³-hybridized carbons (Fsp3) is 0.667. The third-order valence-electron chi connectivity index (χ3n) is 2.53. The van der Waals surface area contributed by atoms with E-state index < -0.39 is 10.0 Å². The zero-order valence-corrected chi connectivity index (χ0v) is 9.66. The van der Waals surface area contributed by atoms with E-state index in [2.05, 4.69) is 19.7 Å². The minimum absolute atomic E-state index is 0.0400. The van der Waals surface area contributed by atoms with Crippen LogP contribution in [-0.2, 0) is 10.0 Å². The summed E-state index contributed by atoms with van der Waals surface area (Å²) >= 11 is 0. The van der Waals surface area contributed by atoms with Crippen LogP contribution >= 0.6 is 0 Å². The molecule has 0 bridgehead atoms. The second-order valence-electron chi connectivity index (χ2n) is 3.91. The van der Waals surface area contributed by atoms with Crippen LogP contribution in [0.15, 0.2) is 16.9 Å². The Kier molecular flexibility index (Phi) is 3.45. The van der Waals surface area contributed by atoms with Gasteiger partial charge in [0.15, 0.2) is 5.82 Å². The number of piperidine rings is 1. The maximum atomic E-state index is 11.7. The van der Waals surface area contributed by atoms with Gasteiger partial charge in [-0.1, -0.05) is 11.6 Å². The molecule has 2 N–H and O–H groups in total. The molecule has 2 heterocycles. The molecule has 16 heavy (non-hydrogen) atoms. The fourth-order valence-corrected chi connectivity index (χ4v) is 3.12. The zero-order chi connectivity index (χ0) is 11.4. The number of hydrogen-bond acceptors (Lipinski definition) is 5. The molecule has 1 atom stereocenters. The highest BCUT2D eigenvalue weighted by molar-refractivity contribution is 7.92. The number of aromatic nitrogens is 1. The SMILES string of the molecule is O=S(=O)(CC1CCCCN1)Nc1ccon1. The van der Waals surface area contributed by atoms with E-state index in [-0.39, 0.29) is 17.6 Å². The van der Waals surface area contributed by atoms with Crippen LogP contribution in [0.25, 0.3) is 0 Å². The van der Waals surface area contributed by atoms with Crippen molar-refractivity contribution < 1.29 is 12.9 Å². The quantitative estimate of drug-likeness (QED) is 0.809. The summed E-state index contributed by atoms with van der Waals surface area (Å²) < 4.78 is 30.4. The standard InChI is InChI=1S/C9H15N3O3S/c13-16(14,12-9-4-6-15-11-9)7-8-3-1-2-5-10-8/h4,6,8,10H,1-3,5,7H2,(H,11,12). The molecule has 0 aromatic carbocycles. The first kappa shape index (κ1) is 11.4. The lowest BCUT2D eigenvalue weighted by Gasteiger charge is -2.22. The van der Waals surface area contributed by atoms with Gasteiger partial charge in [0, 0.05) is 12.1 Å². The van der Waals surface area contributed by atoms with Gasteiger partial charge in [-0.2, -0.15) is 0 Å². The zero-order valence-electron chi connectivity index (χ0n) is 8.85. The highest BCUT2D eigenvalue weighted by Gasteiger charge is 2.21. The molecule has 1 aromatic heterocycles. The molecule has 6 nitrogen and oxygen atoms in total. The predicted molar refractivity (Wildman–Crippen MR) is 59.6 cm³/mol. The van der Waals surface area contributed by atoms with Gasteiger partial charge in [0.25, 0.3) is 0 Å². The second-order valence-corrected chi connectivity index (χ2v) is 5.68. The van der Waals surface area contributed by atoms with E-state index in [0.717, 1.165) is 25.8 Å². The summed E-state index contributed by atoms with van der Waals surface area (Å²) in [6, 6.07) is 1.52. The van der Waals surface area contributed by atoms with Crippen LogP contribution in [0.5, 0.6) is 0 Å². The van der Waals surface area contributed by atoms with Crippen LogP contribution in [0, 0.1) is 0 Å². The molecule has 1 aromatic rings. The minimum Gasteiger partial charge on any atom is -0.363 e. The lowest BCUT2D eigenvalue weighted by atomic mass is 10.1. The Hall–Kier alpha value is -1.08. The normalized spacial score (nSPS) is 21.9. The van der Waals surface area contributed by atoms with E-state index in [4.69, 9.17) is 0 Å². The minimum atomic E-state index is -3.34. The maximum Gasteiger partial charge on any atom is 0.235 e. The smallest absolute Gasteiger partial charge is 0.235 e. The summed E-state index contributed by atoms with van der Waals surface area (Å²) in [5, 5.41) is 6.70. The number of nitrogens with zero attached hydrogens (tertiary/aromatic N) is 1. The van der Waals surface area contributed by atoms with Gasteiger partial charge in [-0.05, 0) is 19.4 Å². The van der Waals surface area contributed by atoms with Gasteiger partial charge in [-0.25, -0.2) is 8.42 Å². The summed E-state index contributed by atoms with van der Waals surface area (Å²) in [4.78, 5) is 0. The molecule has 1 aliphatic rings. The fourth-order valence-electron chi connectivity index (χ4n) is 1.80. The Balaban J connectivity index is 1.92. The van der Waals surface area contributed by atoms with Crippen LogP contribution in [0.2, 0.25) is 0 Å². The first-order valence-corrected chi connectivity index (χ1v) is 6.95.